The molecule has 1 unspecified atom stereocenters. The summed E-state index contributed by atoms with van der Waals surface area (Å²) in [5.74, 6) is 1.60. The molecule has 0 aliphatic rings. The van der Waals surface area contributed by atoms with Crippen LogP contribution in [0.25, 0.3) is 5.65 Å². The molecular formula is C14H16N4O. The fourth-order valence-electron chi connectivity index (χ4n) is 2.05. The van der Waals surface area contributed by atoms with E-state index in [0.717, 1.165) is 17.8 Å². The fourth-order valence-corrected chi connectivity index (χ4v) is 2.05. The number of hydrogen-bond donors (Lipinski definition) is 1. The minimum Gasteiger partial charge on any atom is -0.469 e. The molecule has 0 aliphatic heterocycles. The number of furan rings is 1. The molecule has 1 N–H and O–H groups in total. The van der Waals surface area contributed by atoms with Crippen LogP contribution in [-0.4, -0.2) is 20.6 Å². The summed E-state index contributed by atoms with van der Waals surface area (Å²) in [7, 11) is 0. The van der Waals surface area contributed by atoms with Crippen LogP contribution in [0.5, 0.6) is 0 Å². The van der Waals surface area contributed by atoms with E-state index >= 15 is 0 Å². The smallest absolute Gasteiger partial charge is 0.243 e. The number of pyridine rings is 1. The van der Waals surface area contributed by atoms with Crippen LogP contribution < -0.4 is 5.32 Å². The normalized spacial score (nSPS) is 12.7. The first-order valence-corrected chi connectivity index (χ1v) is 6.32. The van der Waals surface area contributed by atoms with Crippen LogP contribution in [-0.2, 0) is 6.42 Å². The minimum absolute atomic E-state index is 0.213. The van der Waals surface area contributed by atoms with Crippen LogP contribution in [0, 0.1) is 6.92 Å². The largest absolute Gasteiger partial charge is 0.469 e. The van der Waals surface area contributed by atoms with Gasteiger partial charge in [0.1, 0.15) is 5.76 Å². The topological polar surface area (TPSA) is 55.4 Å². The van der Waals surface area contributed by atoms with Gasteiger partial charge in [-0.25, -0.2) is 4.52 Å². The zero-order valence-corrected chi connectivity index (χ0v) is 11.0. The third kappa shape index (κ3) is 2.59. The number of rotatable bonds is 4. The molecule has 0 aromatic carbocycles. The van der Waals surface area contributed by atoms with E-state index in [1.807, 2.05) is 37.4 Å². The van der Waals surface area contributed by atoms with Gasteiger partial charge < -0.3 is 9.73 Å². The number of hydrogen-bond acceptors (Lipinski definition) is 4. The number of aromatic nitrogens is 3. The summed E-state index contributed by atoms with van der Waals surface area (Å²) >= 11 is 0. The zero-order valence-electron chi connectivity index (χ0n) is 11.0. The molecule has 19 heavy (non-hydrogen) atoms. The van der Waals surface area contributed by atoms with Crippen molar-refractivity contribution in [1.29, 1.82) is 0 Å². The van der Waals surface area contributed by atoms with Gasteiger partial charge in [0.25, 0.3) is 0 Å². The maximum atomic E-state index is 5.33. The number of anilines is 1. The first-order valence-electron chi connectivity index (χ1n) is 6.32. The van der Waals surface area contributed by atoms with Crippen LogP contribution in [0.4, 0.5) is 5.95 Å². The Hall–Kier alpha value is -2.30. The molecule has 0 bridgehead atoms. The van der Waals surface area contributed by atoms with Crippen LogP contribution in [0.1, 0.15) is 18.2 Å². The number of nitrogens with zero attached hydrogens (tertiary/aromatic N) is 3. The van der Waals surface area contributed by atoms with E-state index in [1.54, 1.807) is 10.8 Å². The van der Waals surface area contributed by atoms with E-state index in [-0.39, 0.29) is 6.04 Å². The third-order valence-electron chi connectivity index (χ3n) is 2.96. The van der Waals surface area contributed by atoms with Crippen molar-refractivity contribution in [2.75, 3.05) is 5.32 Å². The highest BCUT2D eigenvalue weighted by atomic mass is 16.3. The van der Waals surface area contributed by atoms with Crippen LogP contribution in [0.15, 0.2) is 41.1 Å². The number of fused-ring (bicyclic) bond motifs is 1. The third-order valence-corrected chi connectivity index (χ3v) is 2.96. The molecule has 3 heterocycles. The molecule has 0 saturated heterocycles. The van der Waals surface area contributed by atoms with Crippen LogP contribution >= 0.6 is 0 Å². The van der Waals surface area contributed by atoms with Crippen molar-refractivity contribution in [1.82, 2.24) is 14.6 Å². The lowest BCUT2D eigenvalue weighted by molar-refractivity contribution is 0.497. The van der Waals surface area contributed by atoms with Gasteiger partial charge in [-0.1, -0.05) is 0 Å². The van der Waals surface area contributed by atoms with E-state index in [9.17, 15) is 0 Å². The van der Waals surface area contributed by atoms with Crippen molar-refractivity contribution in [2.24, 2.45) is 0 Å². The molecule has 0 spiro atoms. The van der Waals surface area contributed by atoms with E-state index in [0.29, 0.717) is 5.95 Å². The van der Waals surface area contributed by atoms with Crippen molar-refractivity contribution in [2.45, 2.75) is 26.3 Å². The molecule has 0 amide bonds. The quantitative estimate of drug-likeness (QED) is 0.779. The molecule has 3 aromatic rings. The highest BCUT2D eigenvalue weighted by molar-refractivity contribution is 5.45. The molecule has 0 fully saturated rings. The van der Waals surface area contributed by atoms with Gasteiger partial charge in [0.05, 0.1) is 6.26 Å². The molecule has 3 aromatic heterocycles. The summed E-state index contributed by atoms with van der Waals surface area (Å²) in [4.78, 5) is 4.45. The monoisotopic (exact) mass is 256 g/mol. The van der Waals surface area contributed by atoms with Crippen molar-refractivity contribution in [3.8, 4) is 0 Å². The molecule has 5 heteroatoms. The lowest BCUT2D eigenvalue weighted by Gasteiger charge is -2.09. The van der Waals surface area contributed by atoms with E-state index in [4.69, 9.17) is 4.42 Å². The number of aryl methyl sites for hydroxylation is 1. The maximum Gasteiger partial charge on any atom is 0.243 e. The Labute approximate surface area is 111 Å². The lowest BCUT2D eigenvalue weighted by Crippen LogP contribution is -2.18. The summed E-state index contributed by atoms with van der Waals surface area (Å²) < 4.78 is 7.10. The molecule has 1 atom stereocenters. The zero-order chi connectivity index (χ0) is 13.2. The van der Waals surface area contributed by atoms with Gasteiger partial charge in [-0.3, -0.25) is 0 Å². The number of nitrogens with one attached hydrogen (secondary N) is 1. The molecule has 0 radical (unpaired) electrons. The Morgan fingerprint density at radius 2 is 2.32 bits per heavy atom. The van der Waals surface area contributed by atoms with Crippen molar-refractivity contribution < 1.29 is 4.42 Å². The molecule has 0 saturated carbocycles. The maximum absolute atomic E-state index is 5.33. The summed E-state index contributed by atoms with van der Waals surface area (Å²) in [6.07, 6.45) is 4.41. The van der Waals surface area contributed by atoms with Crippen LogP contribution in [0.3, 0.4) is 0 Å². The SMILES string of the molecule is Cc1ccn2nc(NC(C)Cc3ccco3)nc2c1. The summed E-state index contributed by atoms with van der Waals surface area (Å²) in [5, 5.41) is 7.67. The second-order valence-electron chi connectivity index (χ2n) is 4.77. The van der Waals surface area contributed by atoms with Crippen LogP contribution in [0.2, 0.25) is 0 Å². The Bertz CT molecular complexity index is 672. The molecule has 0 aliphatic carbocycles. The van der Waals surface area contributed by atoms with Gasteiger partial charge in [-0.2, -0.15) is 4.98 Å². The first kappa shape index (κ1) is 11.8. The summed E-state index contributed by atoms with van der Waals surface area (Å²) in [6.45, 7) is 4.13. The van der Waals surface area contributed by atoms with Gasteiger partial charge in [-0.15, -0.1) is 5.10 Å². The highest BCUT2D eigenvalue weighted by Gasteiger charge is 2.09. The predicted molar refractivity (Wildman–Crippen MR) is 73.2 cm³/mol. The van der Waals surface area contributed by atoms with Gasteiger partial charge in [0.2, 0.25) is 5.95 Å². The minimum atomic E-state index is 0.213. The summed E-state index contributed by atoms with van der Waals surface area (Å²) in [5.41, 5.74) is 2.03. The highest BCUT2D eigenvalue weighted by Crippen LogP contribution is 2.11. The average molecular weight is 256 g/mol. The fraction of sp³-hybridized carbons (Fsp3) is 0.286. The lowest BCUT2D eigenvalue weighted by atomic mass is 10.2. The van der Waals surface area contributed by atoms with Gasteiger partial charge in [0, 0.05) is 18.7 Å². The Morgan fingerprint density at radius 3 is 3.11 bits per heavy atom. The molecule has 3 rings (SSSR count). The molecular weight excluding hydrogens is 240 g/mol. The molecule has 98 valence electrons. The van der Waals surface area contributed by atoms with E-state index in [1.165, 1.54) is 5.56 Å². The van der Waals surface area contributed by atoms with Crippen molar-refractivity contribution in [3.63, 3.8) is 0 Å². The van der Waals surface area contributed by atoms with Gasteiger partial charge >= 0.3 is 0 Å². The summed E-state index contributed by atoms with van der Waals surface area (Å²) in [6, 6.07) is 8.10. The Morgan fingerprint density at radius 1 is 1.42 bits per heavy atom. The standard InChI is InChI=1S/C14H16N4O/c1-10-5-6-18-13(8-10)16-14(17-18)15-11(2)9-12-4-3-7-19-12/h3-8,11H,9H2,1-2H3,(H,15,17). The predicted octanol–water partition coefficient (Wildman–Crippen LogP) is 2.67. The van der Waals surface area contributed by atoms with E-state index < -0.39 is 0 Å². The van der Waals surface area contributed by atoms with Crippen molar-refractivity contribution in [3.05, 3.63) is 48.0 Å². The van der Waals surface area contributed by atoms with Gasteiger partial charge in [0.15, 0.2) is 5.65 Å². The molecule has 5 nitrogen and oxygen atoms in total. The van der Waals surface area contributed by atoms with E-state index in [2.05, 4.69) is 22.3 Å². The Kier molecular flexibility index (Phi) is 2.95. The first-order chi connectivity index (χ1) is 9.20. The average Bonchev–Trinajstić information content (AvgIpc) is 2.97. The van der Waals surface area contributed by atoms with Gasteiger partial charge in [-0.05, 0) is 43.7 Å². The second kappa shape index (κ2) is 4.76. The second-order valence-corrected chi connectivity index (χ2v) is 4.77. The van der Waals surface area contributed by atoms with Crippen molar-refractivity contribution >= 4 is 11.6 Å². The Balaban J connectivity index is 1.74.